The van der Waals surface area contributed by atoms with E-state index in [1.54, 1.807) is 13.4 Å². The van der Waals surface area contributed by atoms with Crippen molar-refractivity contribution in [3.8, 4) is 22.6 Å². The van der Waals surface area contributed by atoms with Crippen molar-refractivity contribution in [3.63, 3.8) is 0 Å². The van der Waals surface area contributed by atoms with Crippen LogP contribution in [-0.2, 0) is 0 Å². The molecular formula is C31H29N5O2. The zero-order valence-electron chi connectivity index (χ0n) is 21.5. The average Bonchev–Trinajstić information content (AvgIpc) is 3.38. The van der Waals surface area contributed by atoms with Crippen LogP contribution in [-0.4, -0.2) is 58.6 Å². The van der Waals surface area contributed by atoms with Gasteiger partial charge in [-0.2, -0.15) is 0 Å². The Hall–Kier alpha value is -4.65. The van der Waals surface area contributed by atoms with Crippen LogP contribution in [0.2, 0.25) is 0 Å². The Kier molecular flexibility index (Phi) is 6.25. The number of amides is 1. The average molecular weight is 504 g/mol. The highest BCUT2D eigenvalue weighted by Crippen LogP contribution is 2.37. The van der Waals surface area contributed by atoms with Gasteiger partial charge in [0, 0.05) is 49.6 Å². The predicted molar refractivity (Wildman–Crippen MR) is 150 cm³/mol. The fourth-order valence-electron chi connectivity index (χ4n) is 5.18. The lowest BCUT2D eigenvalue weighted by atomic mass is 10.1. The van der Waals surface area contributed by atoms with E-state index in [2.05, 4.69) is 33.9 Å². The molecule has 0 N–H and O–H groups in total. The number of nitrogens with zero attached hydrogens (tertiary/aromatic N) is 5. The van der Waals surface area contributed by atoms with Crippen LogP contribution in [0.4, 0.5) is 5.82 Å². The minimum atomic E-state index is 0.0877. The molecule has 0 bridgehead atoms. The van der Waals surface area contributed by atoms with Crippen molar-refractivity contribution in [3.05, 3.63) is 103 Å². The van der Waals surface area contributed by atoms with Gasteiger partial charge in [0.25, 0.3) is 5.91 Å². The molecule has 2 aromatic heterocycles. The topological polar surface area (TPSA) is 63.5 Å². The number of rotatable bonds is 5. The highest BCUT2D eigenvalue weighted by molar-refractivity contribution is 6.02. The first-order chi connectivity index (χ1) is 18.6. The summed E-state index contributed by atoms with van der Waals surface area (Å²) in [5.41, 5.74) is 5.74. The second kappa shape index (κ2) is 10.0. The number of anilines is 1. The number of ether oxygens (including phenoxy) is 1. The summed E-state index contributed by atoms with van der Waals surface area (Å²) in [5.74, 6) is 1.76. The minimum absolute atomic E-state index is 0.0877. The molecule has 7 nitrogen and oxygen atoms in total. The standard InChI is InChI=1S/C31H29N5O2/c1-22-9-6-7-14-26(22)31(37)35-17-15-34(16-18-35)29-28-27(23-10-4-3-5-11-23)20-36(30(28)33-21-32-29)24-12-8-13-25(19-24)38-2/h3-14,19-21H,15-18H2,1-2H3. The van der Waals surface area contributed by atoms with Gasteiger partial charge < -0.3 is 19.1 Å². The first-order valence-electron chi connectivity index (χ1n) is 12.8. The molecule has 0 unspecified atom stereocenters. The Morgan fingerprint density at radius 1 is 0.868 bits per heavy atom. The highest BCUT2D eigenvalue weighted by Gasteiger charge is 2.27. The van der Waals surface area contributed by atoms with Gasteiger partial charge in [-0.15, -0.1) is 0 Å². The maximum Gasteiger partial charge on any atom is 0.254 e. The molecule has 190 valence electrons. The van der Waals surface area contributed by atoms with Crippen LogP contribution < -0.4 is 9.64 Å². The molecule has 0 saturated carbocycles. The van der Waals surface area contributed by atoms with Gasteiger partial charge in [-0.1, -0.05) is 54.6 Å². The van der Waals surface area contributed by atoms with Crippen LogP contribution in [0.25, 0.3) is 27.8 Å². The number of hydrogen-bond donors (Lipinski definition) is 0. The number of hydrogen-bond acceptors (Lipinski definition) is 5. The Morgan fingerprint density at radius 2 is 1.63 bits per heavy atom. The van der Waals surface area contributed by atoms with Gasteiger partial charge in [-0.3, -0.25) is 4.79 Å². The fraction of sp³-hybridized carbons (Fsp3) is 0.194. The second-order valence-electron chi connectivity index (χ2n) is 9.47. The number of methoxy groups -OCH3 is 1. The number of fused-ring (bicyclic) bond motifs is 1. The molecule has 5 aromatic rings. The van der Waals surface area contributed by atoms with Crippen molar-refractivity contribution < 1.29 is 9.53 Å². The number of carbonyl (C=O) groups excluding carboxylic acids is 1. The summed E-state index contributed by atoms with van der Waals surface area (Å²) in [4.78, 5) is 26.9. The molecular weight excluding hydrogens is 474 g/mol. The summed E-state index contributed by atoms with van der Waals surface area (Å²) in [6.07, 6.45) is 3.76. The van der Waals surface area contributed by atoms with Crippen molar-refractivity contribution in [1.29, 1.82) is 0 Å². The molecule has 3 heterocycles. The van der Waals surface area contributed by atoms with E-state index in [1.165, 1.54) is 0 Å². The molecule has 0 atom stereocenters. The molecule has 1 aliphatic rings. The summed E-state index contributed by atoms with van der Waals surface area (Å²) < 4.78 is 7.58. The Bertz CT molecular complexity index is 1600. The van der Waals surface area contributed by atoms with E-state index in [-0.39, 0.29) is 5.91 Å². The summed E-state index contributed by atoms with van der Waals surface area (Å²) in [6, 6.07) is 26.1. The van der Waals surface area contributed by atoms with E-state index in [4.69, 9.17) is 14.7 Å². The number of carbonyl (C=O) groups is 1. The van der Waals surface area contributed by atoms with Crippen LogP contribution in [0, 0.1) is 6.92 Å². The SMILES string of the molecule is COc1cccc(-n2cc(-c3ccccc3)c3c(N4CCN(C(=O)c5ccccc5C)CC4)ncnc32)c1. The van der Waals surface area contributed by atoms with Gasteiger partial charge in [0.05, 0.1) is 18.2 Å². The molecule has 1 amide bonds. The van der Waals surface area contributed by atoms with Gasteiger partial charge in [-0.25, -0.2) is 9.97 Å². The van der Waals surface area contributed by atoms with Crippen LogP contribution in [0.1, 0.15) is 15.9 Å². The molecule has 1 saturated heterocycles. The lowest BCUT2D eigenvalue weighted by Gasteiger charge is -2.36. The van der Waals surface area contributed by atoms with Crippen molar-refractivity contribution in [2.75, 3.05) is 38.2 Å². The molecule has 3 aromatic carbocycles. The molecule has 1 fully saturated rings. The number of aromatic nitrogens is 3. The highest BCUT2D eigenvalue weighted by atomic mass is 16.5. The van der Waals surface area contributed by atoms with E-state index in [1.807, 2.05) is 72.5 Å². The predicted octanol–water partition coefficient (Wildman–Crippen LogP) is 5.37. The van der Waals surface area contributed by atoms with E-state index in [0.29, 0.717) is 26.2 Å². The van der Waals surface area contributed by atoms with Gasteiger partial charge in [0.2, 0.25) is 0 Å². The molecule has 0 aliphatic carbocycles. The van der Waals surface area contributed by atoms with E-state index < -0.39 is 0 Å². The number of piperazine rings is 1. The fourth-order valence-corrected chi connectivity index (χ4v) is 5.18. The molecule has 0 spiro atoms. The summed E-state index contributed by atoms with van der Waals surface area (Å²) in [5, 5.41) is 1.00. The zero-order chi connectivity index (χ0) is 26.1. The Balaban J connectivity index is 1.38. The van der Waals surface area contributed by atoms with Crippen LogP contribution in [0.5, 0.6) is 5.75 Å². The maximum atomic E-state index is 13.2. The van der Waals surface area contributed by atoms with Crippen molar-refractivity contribution in [2.45, 2.75) is 6.92 Å². The normalized spacial score (nSPS) is 13.6. The van der Waals surface area contributed by atoms with Crippen LogP contribution >= 0.6 is 0 Å². The minimum Gasteiger partial charge on any atom is -0.497 e. The van der Waals surface area contributed by atoms with Crippen molar-refractivity contribution in [1.82, 2.24) is 19.4 Å². The Morgan fingerprint density at radius 3 is 2.39 bits per heavy atom. The lowest BCUT2D eigenvalue weighted by molar-refractivity contribution is 0.0746. The van der Waals surface area contributed by atoms with E-state index in [9.17, 15) is 4.79 Å². The van der Waals surface area contributed by atoms with Gasteiger partial charge in [0.15, 0.2) is 5.65 Å². The molecule has 1 aliphatic heterocycles. The largest absolute Gasteiger partial charge is 0.497 e. The Labute approximate surface area is 221 Å². The van der Waals surface area contributed by atoms with Crippen molar-refractivity contribution >= 4 is 22.8 Å². The quantitative estimate of drug-likeness (QED) is 0.323. The number of benzene rings is 3. The van der Waals surface area contributed by atoms with Crippen molar-refractivity contribution in [2.24, 2.45) is 0 Å². The molecule has 7 heteroatoms. The zero-order valence-corrected chi connectivity index (χ0v) is 21.5. The molecule has 6 rings (SSSR count). The smallest absolute Gasteiger partial charge is 0.254 e. The number of aryl methyl sites for hydroxylation is 1. The molecule has 38 heavy (non-hydrogen) atoms. The van der Waals surface area contributed by atoms with Gasteiger partial charge in [-0.05, 0) is 36.2 Å². The third-order valence-corrected chi connectivity index (χ3v) is 7.22. The van der Waals surface area contributed by atoms with Crippen LogP contribution in [0.3, 0.4) is 0 Å². The summed E-state index contributed by atoms with van der Waals surface area (Å²) in [7, 11) is 1.67. The first-order valence-corrected chi connectivity index (χ1v) is 12.8. The van der Waals surface area contributed by atoms with Gasteiger partial charge >= 0.3 is 0 Å². The van der Waals surface area contributed by atoms with E-state index in [0.717, 1.165) is 50.5 Å². The van der Waals surface area contributed by atoms with Crippen LogP contribution in [0.15, 0.2) is 91.4 Å². The second-order valence-corrected chi connectivity index (χ2v) is 9.47. The summed E-state index contributed by atoms with van der Waals surface area (Å²) >= 11 is 0. The summed E-state index contributed by atoms with van der Waals surface area (Å²) in [6.45, 7) is 4.65. The third-order valence-electron chi connectivity index (χ3n) is 7.22. The van der Waals surface area contributed by atoms with E-state index >= 15 is 0 Å². The third kappa shape index (κ3) is 4.26. The first kappa shape index (κ1) is 23.7. The van der Waals surface area contributed by atoms with Gasteiger partial charge in [0.1, 0.15) is 17.9 Å². The molecule has 0 radical (unpaired) electrons. The lowest BCUT2D eigenvalue weighted by Crippen LogP contribution is -2.49. The maximum absolute atomic E-state index is 13.2. The monoisotopic (exact) mass is 503 g/mol.